The molecule has 0 aliphatic carbocycles. The largest absolute Gasteiger partial charge is 0.303 e. The van der Waals surface area contributed by atoms with Crippen molar-refractivity contribution in [3.05, 3.63) is 33.8 Å². The smallest absolute Gasteiger partial charge is 0.0478 e. The molecule has 2 aliphatic rings. The van der Waals surface area contributed by atoms with Gasteiger partial charge in [-0.05, 0) is 36.7 Å². The summed E-state index contributed by atoms with van der Waals surface area (Å²) in [4.78, 5) is 5.08. The molecule has 86 valence electrons. The summed E-state index contributed by atoms with van der Waals surface area (Å²) in [6.07, 6.45) is 1.20. The molecule has 1 saturated heterocycles. The van der Waals surface area contributed by atoms with Gasteiger partial charge in [0.1, 0.15) is 0 Å². The summed E-state index contributed by atoms with van der Waals surface area (Å²) >= 11 is 3.57. The monoisotopic (exact) mass is 280 g/mol. The maximum atomic E-state index is 3.57. The SMILES string of the molecule is CN1CCN2CCc3cc(Br)ccc3C2C1. The van der Waals surface area contributed by atoms with Gasteiger partial charge in [-0.3, -0.25) is 4.90 Å². The second-order valence-corrected chi connectivity index (χ2v) is 5.82. The molecule has 1 atom stereocenters. The first-order chi connectivity index (χ1) is 7.74. The van der Waals surface area contributed by atoms with E-state index >= 15 is 0 Å². The summed E-state index contributed by atoms with van der Waals surface area (Å²) in [5.41, 5.74) is 3.08. The summed E-state index contributed by atoms with van der Waals surface area (Å²) in [7, 11) is 2.23. The summed E-state index contributed by atoms with van der Waals surface area (Å²) in [6.45, 7) is 4.83. The Morgan fingerprint density at radius 2 is 2.12 bits per heavy atom. The van der Waals surface area contributed by atoms with E-state index in [1.54, 1.807) is 5.56 Å². The van der Waals surface area contributed by atoms with Crippen molar-refractivity contribution in [3.63, 3.8) is 0 Å². The Hall–Kier alpha value is -0.380. The first kappa shape index (κ1) is 10.8. The van der Waals surface area contributed by atoms with Crippen LogP contribution in [0.5, 0.6) is 0 Å². The Labute approximate surface area is 105 Å². The average molecular weight is 281 g/mol. The zero-order chi connectivity index (χ0) is 11.1. The normalized spacial score (nSPS) is 26.2. The van der Waals surface area contributed by atoms with Crippen molar-refractivity contribution >= 4 is 15.9 Å². The number of benzene rings is 1. The lowest BCUT2D eigenvalue weighted by atomic mass is 9.91. The third-order valence-corrected chi connectivity index (χ3v) is 4.32. The maximum absolute atomic E-state index is 3.57. The van der Waals surface area contributed by atoms with Crippen molar-refractivity contribution in [2.45, 2.75) is 12.5 Å². The number of nitrogens with zero attached hydrogens (tertiary/aromatic N) is 2. The van der Waals surface area contributed by atoms with Crippen molar-refractivity contribution in [2.75, 3.05) is 33.2 Å². The summed E-state index contributed by atoms with van der Waals surface area (Å²) in [5, 5.41) is 0. The lowest BCUT2D eigenvalue weighted by molar-refractivity contribution is 0.0825. The molecule has 0 amide bonds. The van der Waals surface area contributed by atoms with Crippen LogP contribution in [0.1, 0.15) is 17.2 Å². The van der Waals surface area contributed by atoms with Gasteiger partial charge in [0.2, 0.25) is 0 Å². The van der Waals surface area contributed by atoms with Gasteiger partial charge in [0.25, 0.3) is 0 Å². The molecule has 3 rings (SSSR count). The van der Waals surface area contributed by atoms with Crippen LogP contribution in [0.4, 0.5) is 0 Å². The molecule has 2 aliphatic heterocycles. The highest BCUT2D eigenvalue weighted by molar-refractivity contribution is 9.10. The standard InChI is InChI=1S/C13H17BrN2/c1-15-6-7-16-5-4-10-8-11(14)2-3-12(10)13(16)9-15/h2-3,8,13H,4-7,9H2,1H3. The predicted molar refractivity (Wildman–Crippen MR) is 69.7 cm³/mol. The second-order valence-electron chi connectivity index (χ2n) is 4.91. The van der Waals surface area contributed by atoms with Crippen molar-refractivity contribution < 1.29 is 0 Å². The van der Waals surface area contributed by atoms with E-state index in [1.807, 2.05) is 0 Å². The molecule has 0 aromatic heterocycles. The Morgan fingerprint density at radius 3 is 3.00 bits per heavy atom. The number of likely N-dealkylation sites (N-methyl/N-ethyl adjacent to an activating group) is 1. The Balaban J connectivity index is 1.97. The number of fused-ring (bicyclic) bond motifs is 3. The Morgan fingerprint density at radius 1 is 1.25 bits per heavy atom. The molecule has 2 nitrogen and oxygen atoms in total. The average Bonchev–Trinajstić information content (AvgIpc) is 2.28. The molecular weight excluding hydrogens is 264 g/mol. The van der Waals surface area contributed by atoms with Crippen molar-refractivity contribution in [2.24, 2.45) is 0 Å². The first-order valence-corrected chi connectivity index (χ1v) is 6.74. The highest BCUT2D eigenvalue weighted by Gasteiger charge is 2.31. The zero-order valence-electron chi connectivity index (χ0n) is 9.62. The lowest BCUT2D eigenvalue weighted by Gasteiger charge is -2.43. The molecule has 1 aromatic carbocycles. The van der Waals surface area contributed by atoms with Crippen LogP contribution >= 0.6 is 15.9 Å². The van der Waals surface area contributed by atoms with E-state index in [9.17, 15) is 0 Å². The molecule has 0 N–H and O–H groups in total. The molecule has 0 spiro atoms. The van der Waals surface area contributed by atoms with Gasteiger partial charge >= 0.3 is 0 Å². The fourth-order valence-electron chi connectivity index (χ4n) is 2.90. The van der Waals surface area contributed by atoms with Crippen LogP contribution in [0.25, 0.3) is 0 Å². The van der Waals surface area contributed by atoms with Gasteiger partial charge in [-0.1, -0.05) is 22.0 Å². The summed E-state index contributed by atoms with van der Waals surface area (Å²) < 4.78 is 1.21. The predicted octanol–water partition coefficient (Wildman–Crippen LogP) is 2.29. The second kappa shape index (κ2) is 4.13. The minimum absolute atomic E-state index is 0.621. The molecule has 1 aromatic rings. The Kier molecular flexibility index (Phi) is 2.78. The van der Waals surface area contributed by atoms with E-state index in [0.29, 0.717) is 6.04 Å². The molecule has 2 heterocycles. The zero-order valence-corrected chi connectivity index (χ0v) is 11.2. The van der Waals surface area contributed by atoms with Gasteiger partial charge in [-0.2, -0.15) is 0 Å². The molecule has 0 bridgehead atoms. The highest BCUT2D eigenvalue weighted by atomic mass is 79.9. The number of piperazine rings is 1. The third-order valence-electron chi connectivity index (χ3n) is 3.83. The van der Waals surface area contributed by atoms with E-state index in [0.717, 1.165) is 0 Å². The van der Waals surface area contributed by atoms with Crippen LogP contribution in [-0.4, -0.2) is 43.0 Å². The van der Waals surface area contributed by atoms with Gasteiger partial charge < -0.3 is 4.90 Å². The van der Waals surface area contributed by atoms with Crippen LogP contribution in [0.3, 0.4) is 0 Å². The molecule has 0 saturated carbocycles. The highest BCUT2D eigenvalue weighted by Crippen LogP contribution is 2.33. The maximum Gasteiger partial charge on any atom is 0.0478 e. The van der Waals surface area contributed by atoms with Crippen LogP contribution in [-0.2, 0) is 6.42 Å². The van der Waals surface area contributed by atoms with E-state index in [4.69, 9.17) is 0 Å². The third kappa shape index (κ3) is 1.81. The number of halogens is 1. The Bertz CT molecular complexity index is 405. The lowest BCUT2D eigenvalue weighted by Crippen LogP contribution is -2.49. The van der Waals surface area contributed by atoms with Crippen LogP contribution < -0.4 is 0 Å². The van der Waals surface area contributed by atoms with Crippen LogP contribution in [0, 0.1) is 0 Å². The molecule has 16 heavy (non-hydrogen) atoms. The fourth-order valence-corrected chi connectivity index (χ4v) is 3.31. The minimum atomic E-state index is 0.621. The van der Waals surface area contributed by atoms with E-state index < -0.39 is 0 Å². The first-order valence-electron chi connectivity index (χ1n) is 5.95. The molecule has 1 unspecified atom stereocenters. The molecule has 1 fully saturated rings. The molecule has 3 heteroatoms. The van der Waals surface area contributed by atoms with Crippen molar-refractivity contribution in [3.8, 4) is 0 Å². The van der Waals surface area contributed by atoms with Gasteiger partial charge in [0.05, 0.1) is 0 Å². The number of hydrogen-bond donors (Lipinski definition) is 0. The quantitative estimate of drug-likeness (QED) is 0.720. The van der Waals surface area contributed by atoms with E-state index in [-0.39, 0.29) is 0 Å². The van der Waals surface area contributed by atoms with Gasteiger partial charge in [-0.25, -0.2) is 0 Å². The number of hydrogen-bond acceptors (Lipinski definition) is 2. The van der Waals surface area contributed by atoms with Gasteiger partial charge in [-0.15, -0.1) is 0 Å². The van der Waals surface area contributed by atoms with Gasteiger partial charge in [0, 0.05) is 36.7 Å². The summed E-state index contributed by atoms with van der Waals surface area (Å²) in [5.74, 6) is 0. The van der Waals surface area contributed by atoms with E-state index in [1.165, 1.54) is 42.6 Å². The van der Waals surface area contributed by atoms with Gasteiger partial charge in [0.15, 0.2) is 0 Å². The number of rotatable bonds is 0. The van der Waals surface area contributed by atoms with Crippen LogP contribution in [0.2, 0.25) is 0 Å². The minimum Gasteiger partial charge on any atom is -0.303 e. The van der Waals surface area contributed by atoms with E-state index in [2.05, 4.69) is 51.0 Å². The molecular formula is C13H17BrN2. The topological polar surface area (TPSA) is 6.48 Å². The van der Waals surface area contributed by atoms with Crippen LogP contribution in [0.15, 0.2) is 22.7 Å². The van der Waals surface area contributed by atoms with Crippen molar-refractivity contribution in [1.29, 1.82) is 0 Å². The van der Waals surface area contributed by atoms with Crippen molar-refractivity contribution in [1.82, 2.24) is 9.80 Å². The fraction of sp³-hybridized carbons (Fsp3) is 0.538. The molecule has 0 radical (unpaired) electrons. The summed E-state index contributed by atoms with van der Waals surface area (Å²) in [6, 6.07) is 7.39.